The van der Waals surface area contributed by atoms with Crippen LogP contribution in [-0.4, -0.2) is 68.2 Å². The molecule has 0 unspecified atom stereocenters. The Balaban J connectivity index is 1.16. The normalized spacial score (nSPS) is 15.7. The highest BCUT2D eigenvalue weighted by atomic mass is 16.5. The van der Waals surface area contributed by atoms with Crippen molar-refractivity contribution in [3.8, 4) is 22.5 Å². The highest BCUT2D eigenvalue weighted by Crippen LogP contribution is 2.45. The molecule has 2 fully saturated rings. The molecule has 4 N–H and O–H groups in total. The molecule has 10 nitrogen and oxygen atoms in total. The average molecular weight is 590 g/mol. The Hall–Kier alpha value is -4.90. The van der Waals surface area contributed by atoms with Crippen LogP contribution in [0.15, 0.2) is 79.1 Å². The summed E-state index contributed by atoms with van der Waals surface area (Å²) in [6.45, 7) is 1.95. The molecular weight excluding hydrogens is 558 g/mol. The van der Waals surface area contributed by atoms with Crippen molar-refractivity contribution in [3.05, 3.63) is 101 Å². The summed E-state index contributed by atoms with van der Waals surface area (Å²) in [7, 11) is 0. The van der Waals surface area contributed by atoms with Crippen LogP contribution in [0, 0.1) is 0 Å². The van der Waals surface area contributed by atoms with E-state index in [2.05, 4.69) is 20.3 Å². The maximum atomic E-state index is 13.1. The second-order valence-electron chi connectivity index (χ2n) is 11.2. The standard InChI is InChI=1S/C34H31N5O5/c40-19-27-25(2-1-3-28(27)38-32(41)22-8-10-24(11-9-22)34(43)12-13-34)30-26-18-29(37-31(26)36-20-35-30)21-4-6-23(7-5-21)33(42)39-14-16-44-17-15-39/h1-11,18,20,40,43H,12-17,19H2,(H,38,41)(H,35,36,37). The van der Waals surface area contributed by atoms with E-state index in [0.29, 0.717) is 65.6 Å². The van der Waals surface area contributed by atoms with Gasteiger partial charge in [-0.25, -0.2) is 9.97 Å². The third kappa shape index (κ3) is 5.24. The van der Waals surface area contributed by atoms with Gasteiger partial charge in [0.2, 0.25) is 0 Å². The number of amides is 2. The molecule has 44 heavy (non-hydrogen) atoms. The minimum absolute atomic E-state index is 0.0121. The van der Waals surface area contributed by atoms with E-state index in [0.717, 1.165) is 35.0 Å². The molecule has 5 aromatic rings. The minimum atomic E-state index is -0.764. The number of ether oxygens (including phenoxy) is 1. The number of anilines is 1. The van der Waals surface area contributed by atoms with Gasteiger partial charge in [-0.05, 0) is 60.4 Å². The van der Waals surface area contributed by atoms with Gasteiger partial charge in [0.1, 0.15) is 12.0 Å². The molecular formula is C34H31N5O5. The summed E-state index contributed by atoms with van der Waals surface area (Å²) in [5.41, 5.74) is 5.70. The van der Waals surface area contributed by atoms with Crippen LogP contribution < -0.4 is 5.32 Å². The third-order valence-electron chi connectivity index (χ3n) is 8.41. The summed E-state index contributed by atoms with van der Waals surface area (Å²) >= 11 is 0. The molecule has 0 radical (unpaired) electrons. The Bertz CT molecular complexity index is 1860. The average Bonchev–Trinajstić information content (AvgIpc) is 3.67. The van der Waals surface area contributed by atoms with Gasteiger partial charge < -0.3 is 30.2 Å². The minimum Gasteiger partial charge on any atom is -0.392 e. The van der Waals surface area contributed by atoms with E-state index in [9.17, 15) is 19.8 Å². The van der Waals surface area contributed by atoms with Crippen molar-refractivity contribution >= 4 is 28.5 Å². The molecule has 0 atom stereocenters. The largest absolute Gasteiger partial charge is 0.392 e. The van der Waals surface area contributed by atoms with Crippen LogP contribution in [-0.2, 0) is 16.9 Å². The number of H-pyrrole nitrogens is 1. The lowest BCUT2D eigenvalue weighted by Gasteiger charge is -2.26. The molecule has 0 bridgehead atoms. The molecule has 1 saturated carbocycles. The van der Waals surface area contributed by atoms with Crippen LogP contribution in [0.5, 0.6) is 0 Å². The number of hydrogen-bond acceptors (Lipinski definition) is 7. The topological polar surface area (TPSA) is 141 Å². The van der Waals surface area contributed by atoms with Gasteiger partial charge >= 0.3 is 0 Å². The number of fused-ring (bicyclic) bond motifs is 1. The molecule has 1 saturated heterocycles. The maximum Gasteiger partial charge on any atom is 0.255 e. The number of carbonyl (C=O) groups is 2. The Morgan fingerprint density at radius 3 is 2.39 bits per heavy atom. The number of nitrogens with zero attached hydrogens (tertiary/aromatic N) is 3. The number of carbonyl (C=O) groups excluding carboxylic acids is 2. The highest BCUT2D eigenvalue weighted by molar-refractivity contribution is 6.05. The van der Waals surface area contributed by atoms with Crippen molar-refractivity contribution < 1.29 is 24.5 Å². The molecule has 3 heterocycles. The molecule has 7 rings (SSSR count). The number of hydrogen-bond donors (Lipinski definition) is 4. The fourth-order valence-corrected chi connectivity index (χ4v) is 5.68. The first-order valence-corrected chi connectivity index (χ1v) is 14.6. The zero-order valence-electron chi connectivity index (χ0n) is 23.9. The van der Waals surface area contributed by atoms with Crippen LogP contribution >= 0.6 is 0 Å². The van der Waals surface area contributed by atoms with Crippen molar-refractivity contribution in [3.63, 3.8) is 0 Å². The lowest BCUT2D eigenvalue weighted by Crippen LogP contribution is -2.40. The first-order chi connectivity index (χ1) is 21.4. The van der Waals surface area contributed by atoms with E-state index in [4.69, 9.17) is 4.74 Å². The van der Waals surface area contributed by atoms with Gasteiger partial charge in [0.25, 0.3) is 11.8 Å². The fraction of sp³-hybridized carbons (Fsp3) is 0.235. The predicted octanol–water partition coefficient (Wildman–Crippen LogP) is 4.49. The maximum absolute atomic E-state index is 13.1. The number of aliphatic hydroxyl groups excluding tert-OH is 1. The van der Waals surface area contributed by atoms with Gasteiger partial charge in [0.15, 0.2) is 0 Å². The summed E-state index contributed by atoms with van der Waals surface area (Å²) in [6, 6.07) is 21.8. The van der Waals surface area contributed by atoms with E-state index in [-0.39, 0.29) is 18.4 Å². The zero-order valence-corrected chi connectivity index (χ0v) is 23.9. The summed E-state index contributed by atoms with van der Waals surface area (Å²) in [4.78, 5) is 40.1. The summed E-state index contributed by atoms with van der Waals surface area (Å²) in [6.07, 6.45) is 2.92. The Labute approximate surface area is 253 Å². The molecule has 0 spiro atoms. The zero-order chi connectivity index (χ0) is 30.3. The second-order valence-corrected chi connectivity index (χ2v) is 11.2. The molecule has 2 aliphatic rings. The highest BCUT2D eigenvalue weighted by Gasteiger charge is 2.41. The number of aromatic nitrogens is 3. The number of benzene rings is 3. The summed E-state index contributed by atoms with van der Waals surface area (Å²) < 4.78 is 5.36. The quantitative estimate of drug-likeness (QED) is 0.219. The van der Waals surface area contributed by atoms with E-state index < -0.39 is 5.60 Å². The lowest BCUT2D eigenvalue weighted by molar-refractivity contribution is 0.0303. The fourth-order valence-electron chi connectivity index (χ4n) is 5.68. The molecule has 2 amide bonds. The van der Waals surface area contributed by atoms with Gasteiger partial charge in [-0.1, -0.05) is 36.4 Å². The number of morpholine rings is 1. The molecule has 222 valence electrons. The van der Waals surface area contributed by atoms with E-state index in [1.54, 1.807) is 35.2 Å². The Morgan fingerprint density at radius 2 is 1.68 bits per heavy atom. The van der Waals surface area contributed by atoms with Gasteiger partial charge in [-0.2, -0.15) is 0 Å². The molecule has 3 aromatic carbocycles. The van der Waals surface area contributed by atoms with Crippen molar-refractivity contribution in [2.75, 3.05) is 31.6 Å². The summed E-state index contributed by atoms with van der Waals surface area (Å²) in [5.74, 6) is -0.333. The third-order valence-corrected chi connectivity index (χ3v) is 8.41. The molecule has 1 aliphatic heterocycles. The number of aromatic amines is 1. The van der Waals surface area contributed by atoms with E-state index in [1.165, 1.54) is 6.33 Å². The van der Waals surface area contributed by atoms with Crippen LogP contribution in [0.2, 0.25) is 0 Å². The molecule has 2 aromatic heterocycles. The molecule has 1 aliphatic carbocycles. The number of rotatable bonds is 7. The van der Waals surface area contributed by atoms with Crippen LogP contribution in [0.25, 0.3) is 33.5 Å². The first kappa shape index (κ1) is 27.9. The number of aliphatic hydroxyl groups is 2. The predicted molar refractivity (Wildman–Crippen MR) is 165 cm³/mol. The van der Waals surface area contributed by atoms with Crippen LogP contribution in [0.3, 0.4) is 0 Å². The van der Waals surface area contributed by atoms with Crippen molar-refractivity contribution in [2.45, 2.75) is 25.0 Å². The van der Waals surface area contributed by atoms with Gasteiger partial charge in [0, 0.05) is 52.1 Å². The van der Waals surface area contributed by atoms with Crippen molar-refractivity contribution in [1.82, 2.24) is 19.9 Å². The Kier molecular flexibility index (Phi) is 7.17. The van der Waals surface area contributed by atoms with E-state index in [1.807, 2.05) is 42.5 Å². The SMILES string of the molecule is O=C(Nc1cccc(-c2ncnc3[nH]c(-c4ccc(C(=O)N5CCOCC5)cc4)cc23)c1CO)c1ccc(C2(O)CC2)cc1. The molecule has 10 heteroatoms. The smallest absolute Gasteiger partial charge is 0.255 e. The van der Waals surface area contributed by atoms with E-state index >= 15 is 0 Å². The van der Waals surface area contributed by atoms with Crippen LogP contribution in [0.1, 0.15) is 44.7 Å². The Morgan fingerprint density at radius 1 is 0.955 bits per heavy atom. The van der Waals surface area contributed by atoms with Gasteiger partial charge in [-0.15, -0.1) is 0 Å². The summed E-state index contributed by atoms with van der Waals surface area (Å²) in [5, 5.41) is 24.4. The van der Waals surface area contributed by atoms with Gasteiger partial charge in [0.05, 0.1) is 31.1 Å². The lowest BCUT2D eigenvalue weighted by atomic mass is 10.00. The van der Waals surface area contributed by atoms with Gasteiger partial charge in [-0.3, -0.25) is 9.59 Å². The number of nitrogens with one attached hydrogen (secondary N) is 2. The monoisotopic (exact) mass is 589 g/mol. The second kappa shape index (κ2) is 11.3. The van der Waals surface area contributed by atoms with Crippen molar-refractivity contribution in [2.24, 2.45) is 0 Å². The van der Waals surface area contributed by atoms with Crippen molar-refractivity contribution in [1.29, 1.82) is 0 Å². The first-order valence-electron chi connectivity index (χ1n) is 14.6. The van der Waals surface area contributed by atoms with Crippen LogP contribution in [0.4, 0.5) is 5.69 Å².